The second-order valence-corrected chi connectivity index (χ2v) is 9.51. The van der Waals surface area contributed by atoms with Crippen molar-refractivity contribution in [3.63, 3.8) is 0 Å². The predicted molar refractivity (Wildman–Crippen MR) is 146 cm³/mol. The lowest BCUT2D eigenvalue weighted by Crippen LogP contribution is -2.39. The summed E-state index contributed by atoms with van der Waals surface area (Å²) in [5.41, 5.74) is 0.849. The van der Waals surface area contributed by atoms with Gasteiger partial charge in [-0.05, 0) is 68.3 Å². The second-order valence-electron chi connectivity index (χ2n) is 9.51. The molecule has 1 amide bonds. The first-order valence-electron chi connectivity index (χ1n) is 13.1. The van der Waals surface area contributed by atoms with Gasteiger partial charge in [0.25, 0.3) is 5.91 Å². The number of carbonyl (C=O) groups is 2. The van der Waals surface area contributed by atoms with Crippen molar-refractivity contribution in [1.29, 1.82) is 0 Å². The Morgan fingerprint density at radius 1 is 1.07 bits per heavy atom. The molecule has 5 rings (SSSR count). The van der Waals surface area contributed by atoms with Crippen molar-refractivity contribution < 1.29 is 27.5 Å². The Bertz CT molecular complexity index is 1520. The summed E-state index contributed by atoms with van der Waals surface area (Å²) in [5.74, 6) is -0.707. The predicted octanol–water partition coefficient (Wildman–Crippen LogP) is 5.38. The Morgan fingerprint density at radius 2 is 1.93 bits per heavy atom. The molecular formula is C29H27F3N6O3. The highest BCUT2D eigenvalue weighted by Crippen LogP contribution is 2.34. The van der Waals surface area contributed by atoms with Gasteiger partial charge in [-0.3, -0.25) is 14.6 Å². The van der Waals surface area contributed by atoms with Crippen LogP contribution in [0.3, 0.4) is 0 Å². The Balaban J connectivity index is 1.31. The topological polar surface area (TPSA) is 102 Å². The van der Waals surface area contributed by atoms with Crippen LogP contribution in [0.1, 0.15) is 35.8 Å². The highest BCUT2D eigenvalue weighted by molar-refractivity contribution is 6.04. The van der Waals surface area contributed by atoms with Gasteiger partial charge in [0.1, 0.15) is 11.5 Å². The highest BCUT2D eigenvalue weighted by atomic mass is 19.4. The van der Waals surface area contributed by atoms with Gasteiger partial charge >= 0.3 is 12.1 Å². The van der Waals surface area contributed by atoms with E-state index in [1.807, 2.05) is 6.07 Å². The Hall–Kier alpha value is -4.74. The van der Waals surface area contributed by atoms with E-state index in [-0.39, 0.29) is 29.1 Å². The molecule has 12 heteroatoms. The van der Waals surface area contributed by atoms with Crippen molar-refractivity contribution >= 4 is 23.4 Å². The normalized spacial score (nSPS) is 15.4. The van der Waals surface area contributed by atoms with E-state index in [2.05, 4.69) is 25.3 Å². The molecule has 9 nitrogen and oxygen atoms in total. The molecule has 1 aliphatic heterocycles. The van der Waals surface area contributed by atoms with Crippen LogP contribution in [-0.4, -0.2) is 51.3 Å². The van der Waals surface area contributed by atoms with Crippen LogP contribution in [0, 0.1) is 5.92 Å². The van der Waals surface area contributed by atoms with Crippen molar-refractivity contribution in [2.75, 3.05) is 29.9 Å². The maximum Gasteiger partial charge on any atom is 0.433 e. The van der Waals surface area contributed by atoms with E-state index in [0.29, 0.717) is 24.3 Å². The number of nitrogens with zero attached hydrogens (tertiary/aromatic N) is 5. The van der Waals surface area contributed by atoms with Crippen molar-refractivity contribution in [2.24, 2.45) is 5.92 Å². The monoisotopic (exact) mass is 564 g/mol. The Labute approximate surface area is 234 Å². The summed E-state index contributed by atoms with van der Waals surface area (Å²) >= 11 is 0. The van der Waals surface area contributed by atoms with Crippen molar-refractivity contribution in [2.45, 2.75) is 25.9 Å². The third-order valence-corrected chi connectivity index (χ3v) is 6.71. The van der Waals surface area contributed by atoms with Crippen LogP contribution < -0.4 is 10.2 Å². The number of aromatic nitrogens is 4. The highest BCUT2D eigenvalue weighted by Gasteiger charge is 2.36. The summed E-state index contributed by atoms with van der Waals surface area (Å²) < 4.78 is 47.3. The fraction of sp³-hybridized carbons (Fsp3) is 0.276. The molecule has 4 heterocycles. The number of halogens is 3. The second kappa shape index (κ2) is 11.8. The van der Waals surface area contributed by atoms with Crippen LogP contribution >= 0.6 is 0 Å². The third kappa shape index (κ3) is 6.37. The zero-order chi connectivity index (χ0) is 29.0. The van der Waals surface area contributed by atoms with Gasteiger partial charge in [-0.15, -0.1) is 0 Å². The van der Waals surface area contributed by atoms with E-state index in [0.717, 1.165) is 35.8 Å². The number of nitrogens with one attached hydrogen (secondary N) is 1. The molecule has 0 saturated carbocycles. The maximum atomic E-state index is 13.8. The van der Waals surface area contributed by atoms with Crippen LogP contribution in [0.5, 0.6) is 0 Å². The SMILES string of the molecule is CCOC(=O)C1CCCN(c2cccc(C(=O)Nc3ccc(-n4nc(-c5cccnc5)cc4C(F)(F)F)cn3)c2)C1. The molecule has 3 aromatic heterocycles. The molecule has 1 N–H and O–H groups in total. The largest absolute Gasteiger partial charge is 0.466 e. The van der Waals surface area contributed by atoms with Crippen LogP contribution in [0.25, 0.3) is 16.9 Å². The van der Waals surface area contributed by atoms with E-state index < -0.39 is 17.8 Å². The minimum Gasteiger partial charge on any atom is -0.466 e. The van der Waals surface area contributed by atoms with Gasteiger partial charge < -0.3 is 15.0 Å². The smallest absolute Gasteiger partial charge is 0.433 e. The first-order valence-corrected chi connectivity index (χ1v) is 13.1. The summed E-state index contributed by atoms with van der Waals surface area (Å²) in [6.07, 6.45) is 1.09. The minimum atomic E-state index is -4.66. The van der Waals surface area contributed by atoms with Gasteiger partial charge in [-0.1, -0.05) is 6.07 Å². The summed E-state index contributed by atoms with van der Waals surface area (Å²) in [4.78, 5) is 35.4. The zero-order valence-corrected chi connectivity index (χ0v) is 22.1. The van der Waals surface area contributed by atoms with Crippen LogP contribution in [-0.2, 0) is 15.7 Å². The number of amides is 1. The third-order valence-electron chi connectivity index (χ3n) is 6.71. The lowest BCUT2D eigenvalue weighted by atomic mass is 9.97. The number of piperidine rings is 1. The number of hydrogen-bond donors (Lipinski definition) is 1. The number of hydrogen-bond acceptors (Lipinski definition) is 7. The standard InChI is InChI=1S/C29H27F3N6O3/c1-2-41-28(40)21-8-5-13-37(18-21)22-9-3-6-19(14-22)27(39)35-26-11-10-23(17-34-26)38-25(29(30,31)32)15-24(36-38)20-7-4-12-33-16-20/h3-4,6-7,9-12,14-17,21H,2,5,8,13,18H2,1H3,(H,34,35,39). The molecule has 41 heavy (non-hydrogen) atoms. The summed E-state index contributed by atoms with van der Waals surface area (Å²) in [6.45, 7) is 3.36. The molecule has 1 saturated heterocycles. The zero-order valence-electron chi connectivity index (χ0n) is 22.1. The van der Waals surface area contributed by atoms with Gasteiger partial charge in [0.05, 0.1) is 30.1 Å². The van der Waals surface area contributed by atoms with E-state index in [4.69, 9.17) is 4.74 Å². The minimum absolute atomic E-state index is 0.0775. The van der Waals surface area contributed by atoms with Gasteiger partial charge in [0.15, 0.2) is 0 Å². The number of alkyl halides is 3. The van der Waals surface area contributed by atoms with E-state index in [9.17, 15) is 22.8 Å². The van der Waals surface area contributed by atoms with Gasteiger partial charge in [0.2, 0.25) is 0 Å². The Morgan fingerprint density at radius 3 is 2.63 bits per heavy atom. The number of benzene rings is 1. The van der Waals surface area contributed by atoms with E-state index >= 15 is 0 Å². The van der Waals surface area contributed by atoms with E-state index in [1.54, 1.807) is 37.3 Å². The molecule has 0 aliphatic carbocycles. The molecular weight excluding hydrogens is 537 g/mol. The summed E-state index contributed by atoms with van der Waals surface area (Å²) in [6, 6.07) is 14.0. The molecule has 1 fully saturated rings. The summed E-state index contributed by atoms with van der Waals surface area (Å²) in [5, 5.41) is 6.82. The van der Waals surface area contributed by atoms with Crippen LogP contribution in [0.2, 0.25) is 0 Å². The van der Waals surface area contributed by atoms with Gasteiger partial charge in [0, 0.05) is 42.3 Å². The van der Waals surface area contributed by atoms with Crippen molar-refractivity contribution in [3.8, 4) is 16.9 Å². The number of rotatable bonds is 7. The van der Waals surface area contributed by atoms with E-state index in [1.165, 1.54) is 30.7 Å². The van der Waals surface area contributed by atoms with Gasteiger partial charge in [-0.25, -0.2) is 9.67 Å². The molecule has 0 radical (unpaired) electrons. The van der Waals surface area contributed by atoms with Gasteiger partial charge in [-0.2, -0.15) is 18.3 Å². The first kappa shape index (κ1) is 27.8. The first-order chi connectivity index (χ1) is 19.7. The number of pyridine rings is 2. The van der Waals surface area contributed by atoms with Crippen molar-refractivity contribution in [3.05, 3.63) is 84.4 Å². The number of ether oxygens (including phenoxy) is 1. The molecule has 0 bridgehead atoms. The average molecular weight is 565 g/mol. The molecule has 1 aliphatic rings. The molecule has 1 aromatic carbocycles. The average Bonchev–Trinajstić information content (AvgIpc) is 3.45. The lowest BCUT2D eigenvalue weighted by Gasteiger charge is -2.33. The molecule has 1 unspecified atom stereocenters. The number of carbonyl (C=O) groups excluding carboxylic acids is 2. The number of anilines is 2. The number of esters is 1. The molecule has 1 atom stereocenters. The molecule has 0 spiro atoms. The maximum absolute atomic E-state index is 13.8. The molecule has 212 valence electrons. The molecule has 4 aromatic rings. The van der Waals surface area contributed by atoms with Crippen molar-refractivity contribution in [1.82, 2.24) is 19.7 Å². The fourth-order valence-corrected chi connectivity index (χ4v) is 4.72. The quantitative estimate of drug-likeness (QED) is 0.301. The lowest BCUT2D eigenvalue weighted by molar-refractivity contribution is -0.148. The van der Waals surface area contributed by atoms with Crippen LogP contribution in [0.15, 0.2) is 73.2 Å². The fourth-order valence-electron chi connectivity index (χ4n) is 4.72. The van der Waals surface area contributed by atoms with Crippen LogP contribution in [0.4, 0.5) is 24.7 Å². The summed E-state index contributed by atoms with van der Waals surface area (Å²) in [7, 11) is 0. The Kier molecular flexibility index (Phi) is 7.99.